The maximum Gasteiger partial charge on any atom is 0.261 e. The molecule has 0 saturated heterocycles. The summed E-state index contributed by atoms with van der Waals surface area (Å²) in [5.74, 6) is -0.128. The van der Waals surface area contributed by atoms with Gasteiger partial charge in [-0.2, -0.15) is 0 Å². The summed E-state index contributed by atoms with van der Waals surface area (Å²) in [7, 11) is 0. The number of halogens is 2. The monoisotopic (exact) mass is 367 g/mol. The van der Waals surface area contributed by atoms with Gasteiger partial charge in [0.25, 0.3) is 5.91 Å². The van der Waals surface area contributed by atoms with Crippen LogP contribution in [0.4, 0.5) is 0 Å². The third-order valence-corrected chi connectivity index (χ3v) is 5.99. The normalized spacial score (nSPS) is 17.9. The molecule has 1 saturated carbocycles. The second-order valence-corrected chi connectivity index (χ2v) is 7.22. The molecule has 0 atom stereocenters. The van der Waals surface area contributed by atoms with Crippen LogP contribution in [-0.2, 0) is 0 Å². The standard InChI is InChI=1S/C10H11Br2NO2S/c11-6-4-7(16-8(6)12)9(14)13-5-10(15)2-1-3-10/h4,15H,1-3,5H2,(H,13,14). The fourth-order valence-corrected chi connectivity index (χ4v) is 3.50. The number of carbonyl (C=O) groups is 1. The maximum atomic E-state index is 11.7. The molecule has 3 nitrogen and oxygen atoms in total. The second-order valence-electron chi connectivity index (χ2n) is 3.99. The molecule has 1 aliphatic carbocycles. The van der Waals surface area contributed by atoms with Gasteiger partial charge in [-0.25, -0.2) is 0 Å². The van der Waals surface area contributed by atoms with E-state index in [4.69, 9.17) is 0 Å². The van der Waals surface area contributed by atoms with E-state index in [1.165, 1.54) is 11.3 Å². The third kappa shape index (κ3) is 2.67. The average Bonchev–Trinajstić information content (AvgIpc) is 2.53. The van der Waals surface area contributed by atoms with Crippen molar-refractivity contribution in [1.29, 1.82) is 0 Å². The summed E-state index contributed by atoms with van der Waals surface area (Å²) in [6, 6.07) is 1.77. The minimum absolute atomic E-state index is 0.128. The molecule has 1 aromatic heterocycles. The van der Waals surface area contributed by atoms with E-state index in [1.807, 2.05) is 0 Å². The molecule has 1 heterocycles. The van der Waals surface area contributed by atoms with Gasteiger partial charge in [0.1, 0.15) is 0 Å². The lowest BCUT2D eigenvalue weighted by atomic mass is 9.80. The van der Waals surface area contributed by atoms with Crippen LogP contribution in [0.2, 0.25) is 0 Å². The van der Waals surface area contributed by atoms with Crippen molar-refractivity contribution in [3.63, 3.8) is 0 Å². The molecule has 0 radical (unpaired) electrons. The fourth-order valence-electron chi connectivity index (χ4n) is 1.55. The van der Waals surface area contributed by atoms with Gasteiger partial charge in [0.15, 0.2) is 0 Å². The van der Waals surface area contributed by atoms with E-state index >= 15 is 0 Å². The molecule has 1 aromatic rings. The van der Waals surface area contributed by atoms with Crippen molar-refractivity contribution in [1.82, 2.24) is 5.32 Å². The van der Waals surface area contributed by atoms with Gasteiger partial charge in [-0.3, -0.25) is 4.79 Å². The van der Waals surface area contributed by atoms with Crippen LogP contribution in [0.1, 0.15) is 28.9 Å². The van der Waals surface area contributed by atoms with E-state index in [9.17, 15) is 9.90 Å². The SMILES string of the molecule is O=C(NCC1(O)CCC1)c1cc(Br)c(Br)s1. The van der Waals surface area contributed by atoms with Gasteiger partial charge in [0.2, 0.25) is 0 Å². The Morgan fingerprint density at radius 1 is 1.56 bits per heavy atom. The van der Waals surface area contributed by atoms with Crippen LogP contribution in [-0.4, -0.2) is 23.2 Å². The van der Waals surface area contributed by atoms with Crippen molar-refractivity contribution in [2.45, 2.75) is 24.9 Å². The first-order chi connectivity index (χ1) is 7.50. The first kappa shape index (κ1) is 12.5. The first-order valence-electron chi connectivity index (χ1n) is 4.96. The Morgan fingerprint density at radius 2 is 2.25 bits per heavy atom. The van der Waals surface area contributed by atoms with Crippen molar-refractivity contribution in [3.8, 4) is 0 Å². The lowest BCUT2D eigenvalue weighted by Crippen LogP contribution is -2.47. The predicted molar refractivity (Wildman–Crippen MR) is 70.9 cm³/mol. The van der Waals surface area contributed by atoms with Crippen LogP contribution < -0.4 is 5.32 Å². The number of nitrogens with one attached hydrogen (secondary N) is 1. The van der Waals surface area contributed by atoms with Crippen molar-refractivity contribution in [3.05, 3.63) is 19.2 Å². The second kappa shape index (κ2) is 4.76. The van der Waals surface area contributed by atoms with Gasteiger partial charge in [-0.1, -0.05) is 0 Å². The molecule has 0 spiro atoms. The van der Waals surface area contributed by atoms with Gasteiger partial charge in [-0.15, -0.1) is 11.3 Å². The quantitative estimate of drug-likeness (QED) is 0.861. The molecule has 0 aromatic carbocycles. The van der Waals surface area contributed by atoms with Crippen LogP contribution in [0.5, 0.6) is 0 Å². The largest absolute Gasteiger partial charge is 0.388 e. The topological polar surface area (TPSA) is 49.3 Å². The highest BCUT2D eigenvalue weighted by molar-refractivity contribution is 9.13. The summed E-state index contributed by atoms with van der Waals surface area (Å²) in [5.41, 5.74) is -0.665. The smallest absolute Gasteiger partial charge is 0.261 e. The molecule has 1 amide bonds. The molecule has 88 valence electrons. The zero-order valence-corrected chi connectivity index (χ0v) is 12.4. The number of rotatable bonds is 3. The summed E-state index contributed by atoms with van der Waals surface area (Å²) in [4.78, 5) is 12.4. The summed E-state index contributed by atoms with van der Waals surface area (Å²) in [6.45, 7) is 0.346. The number of thiophene rings is 1. The molecule has 0 aliphatic heterocycles. The minimum Gasteiger partial charge on any atom is -0.388 e. The number of hydrogen-bond acceptors (Lipinski definition) is 3. The number of aliphatic hydroxyl groups is 1. The lowest BCUT2D eigenvalue weighted by molar-refractivity contribution is -0.0300. The van der Waals surface area contributed by atoms with E-state index in [0.29, 0.717) is 11.4 Å². The van der Waals surface area contributed by atoms with Gasteiger partial charge >= 0.3 is 0 Å². The van der Waals surface area contributed by atoms with Crippen LogP contribution in [0.15, 0.2) is 14.3 Å². The van der Waals surface area contributed by atoms with Gasteiger partial charge < -0.3 is 10.4 Å². The molecule has 6 heteroatoms. The van der Waals surface area contributed by atoms with Crippen LogP contribution in [0.25, 0.3) is 0 Å². The maximum absolute atomic E-state index is 11.7. The van der Waals surface area contributed by atoms with Crippen molar-refractivity contribution < 1.29 is 9.90 Å². The van der Waals surface area contributed by atoms with Crippen molar-refractivity contribution in [2.24, 2.45) is 0 Å². The third-order valence-electron chi connectivity index (χ3n) is 2.73. The zero-order chi connectivity index (χ0) is 11.8. The highest BCUT2D eigenvalue weighted by Crippen LogP contribution is 2.33. The highest BCUT2D eigenvalue weighted by Gasteiger charge is 2.34. The summed E-state index contributed by atoms with van der Waals surface area (Å²) >= 11 is 8.05. The molecular weight excluding hydrogens is 358 g/mol. The number of hydrogen-bond donors (Lipinski definition) is 2. The van der Waals surface area contributed by atoms with E-state index in [1.54, 1.807) is 6.07 Å². The van der Waals surface area contributed by atoms with E-state index in [-0.39, 0.29) is 5.91 Å². The van der Waals surface area contributed by atoms with E-state index < -0.39 is 5.60 Å². The van der Waals surface area contributed by atoms with E-state index in [0.717, 1.165) is 27.5 Å². The molecule has 16 heavy (non-hydrogen) atoms. The Kier molecular flexibility index (Phi) is 3.73. The van der Waals surface area contributed by atoms with Crippen LogP contribution >= 0.6 is 43.2 Å². The Morgan fingerprint density at radius 3 is 2.69 bits per heavy atom. The van der Waals surface area contributed by atoms with Crippen LogP contribution in [0.3, 0.4) is 0 Å². The molecule has 1 aliphatic rings. The number of amides is 1. The van der Waals surface area contributed by atoms with E-state index in [2.05, 4.69) is 37.2 Å². The minimum atomic E-state index is -0.665. The summed E-state index contributed by atoms with van der Waals surface area (Å²) in [5, 5.41) is 12.6. The Balaban J connectivity index is 1.93. The molecule has 0 bridgehead atoms. The van der Waals surface area contributed by atoms with Gasteiger partial charge in [0, 0.05) is 11.0 Å². The first-order valence-corrected chi connectivity index (χ1v) is 7.36. The van der Waals surface area contributed by atoms with Crippen LogP contribution in [0, 0.1) is 0 Å². The highest BCUT2D eigenvalue weighted by atomic mass is 79.9. The molecule has 2 rings (SSSR count). The fraction of sp³-hybridized carbons (Fsp3) is 0.500. The number of carbonyl (C=O) groups excluding carboxylic acids is 1. The lowest BCUT2D eigenvalue weighted by Gasteiger charge is -2.36. The summed E-state index contributed by atoms with van der Waals surface area (Å²) in [6.07, 6.45) is 2.61. The van der Waals surface area contributed by atoms with Gasteiger partial charge in [-0.05, 0) is 57.2 Å². The predicted octanol–water partition coefficient (Wildman–Crippen LogP) is 2.92. The summed E-state index contributed by atoms with van der Waals surface area (Å²) < 4.78 is 1.78. The van der Waals surface area contributed by atoms with Crippen molar-refractivity contribution >= 4 is 49.1 Å². The Bertz CT molecular complexity index is 395. The average molecular weight is 369 g/mol. The molecule has 0 unspecified atom stereocenters. The Hall–Kier alpha value is 0.0900. The zero-order valence-electron chi connectivity index (χ0n) is 8.43. The van der Waals surface area contributed by atoms with Gasteiger partial charge in [0.05, 0.1) is 14.3 Å². The molecule has 1 fully saturated rings. The molecular formula is C10H11Br2NO2S. The van der Waals surface area contributed by atoms with Crippen molar-refractivity contribution in [2.75, 3.05) is 6.54 Å². The Labute approximate surface area is 114 Å². The molecule has 2 N–H and O–H groups in total.